The Hall–Kier alpha value is -1.38. The van der Waals surface area contributed by atoms with Crippen LogP contribution in [-0.4, -0.2) is 19.1 Å². The van der Waals surface area contributed by atoms with Crippen LogP contribution in [0.15, 0.2) is 18.2 Å². The maximum absolute atomic E-state index is 11.9. The van der Waals surface area contributed by atoms with Crippen LogP contribution in [0, 0.1) is 0 Å². The fourth-order valence-corrected chi connectivity index (χ4v) is 2.83. The highest BCUT2D eigenvalue weighted by atomic mass is 19.1. The normalized spacial score (nSPS) is 13.8. The molecule has 0 heterocycles. The lowest BCUT2D eigenvalue weighted by Gasteiger charge is -2.16. The highest BCUT2D eigenvalue weighted by Gasteiger charge is 2.09. The number of carbonyl (C=O) groups is 1. The Labute approximate surface area is 120 Å². The lowest BCUT2D eigenvalue weighted by atomic mass is 9.89. The third-order valence-electron chi connectivity index (χ3n) is 3.95. The summed E-state index contributed by atoms with van der Waals surface area (Å²) in [4.78, 5) is 11.3. The number of fused-ring (bicyclic) bond motifs is 1. The number of hydrogen-bond acceptors (Lipinski definition) is 1. The van der Waals surface area contributed by atoms with Crippen LogP contribution in [0.25, 0.3) is 0 Å². The van der Waals surface area contributed by atoms with E-state index in [9.17, 15) is 9.18 Å². The number of aryl methyl sites for hydroxylation is 3. The van der Waals surface area contributed by atoms with E-state index in [-0.39, 0.29) is 12.5 Å². The molecule has 0 bridgehead atoms. The zero-order chi connectivity index (χ0) is 14.2. The average Bonchev–Trinajstić information content (AvgIpc) is 2.49. The van der Waals surface area contributed by atoms with E-state index in [0.717, 1.165) is 19.3 Å². The first-order chi connectivity index (χ1) is 9.79. The number of hydrogen-bond donors (Lipinski definition) is 1. The molecule has 0 aromatic heterocycles. The fraction of sp³-hybridized carbons (Fsp3) is 0.588. The number of unbranched alkanes of at least 4 members (excludes halogenated alkanes) is 1. The van der Waals surface area contributed by atoms with Crippen LogP contribution in [0.2, 0.25) is 0 Å². The number of carbonyl (C=O) groups excluding carboxylic acids is 1. The first-order valence-electron chi connectivity index (χ1n) is 7.73. The maximum atomic E-state index is 11.9. The van der Waals surface area contributed by atoms with E-state index in [0.29, 0.717) is 6.42 Å². The van der Waals surface area contributed by atoms with Crippen molar-refractivity contribution in [2.24, 2.45) is 0 Å². The molecule has 0 spiro atoms. The third-order valence-corrected chi connectivity index (χ3v) is 3.95. The summed E-state index contributed by atoms with van der Waals surface area (Å²) in [6.45, 7) is -0.343. The molecule has 0 fully saturated rings. The van der Waals surface area contributed by atoms with E-state index in [1.54, 1.807) is 0 Å². The highest BCUT2D eigenvalue weighted by Crippen LogP contribution is 2.22. The Morgan fingerprint density at radius 3 is 2.75 bits per heavy atom. The van der Waals surface area contributed by atoms with Gasteiger partial charge in [-0.2, -0.15) is 0 Å². The zero-order valence-corrected chi connectivity index (χ0v) is 12.1. The highest BCUT2D eigenvalue weighted by molar-refractivity contribution is 5.75. The van der Waals surface area contributed by atoms with Gasteiger partial charge in [0.2, 0.25) is 5.91 Å². The molecular weight excluding hydrogens is 253 g/mol. The van der Waals surface area contributed by atoms with Crippen molar-refractivity contribution in [2.75, 3.05) is 13.2 Å². The van der Waals surface area contributed by atoms with Gasteiger partial charge in [-0.25, -0.2) is 4.39 Å². The van der Waals surface area contributed by atoms with Gasteiger partial charge in [0.1, 0.15) is 6.67 Å². The van der Waals surface area contributed by atoms with Crippen molar-refractivity contribution < 1.29 is 9.18 Å². The second kappa shape index (κ2) is 8.03. The number of halogens is 1. The van der Waals surface area contributed by atoms with Crippen LogP contribution in [-0.2, 0) is 24.1 Å². The summed E-state index contributed by atoms with van der Waals surface area (Å²) < 4.78 is 11.9. The summed E-state index contributed by atoms with van der Waals surface area (Å²) in [6, 6.07) is 6.85. The summed E-state index contributed by atoms with van der Waals surface area (Å²) in [6.07, 6.45) is 8.50. The molecule has 1 amide bonds. The fourth-order valence-electron chi connectivity index (χ4n) is 2.83. The number of alkyl halides is 1. The summed E-state index contributed by atoms with van der Waals surface area (Å²) >= 11 is 0. The smallest absolute Gasteiger partial charge is 0.220 e. The molecule has 0 saturated heterocycles. The first kappa shape index (κ1) is 15.0. The molecule has 1 aliphatic carbocycles. The zero-order valence-electron chi connectivity index (χ0n) is 12.1. The second-order valence-electron chi connectivity index (χ2n) is 5.56. The minimum atomic E-state index is -0.485. The molecule has 2 rings (SSSR count). The molecule has 1 aromatic carbocycles. The van der Waals surface area contributed by atoms with E-state index in [1.165, 1.54) is 42.4 Å². The van der Waals surface area contributed by atoms with E-state index in [2.05, 4.69) is 23.5 Å². The molecule has 0 aliphatic heterocycles. The first-order valence-corrected chi connectivity index (χ1v) is 7.73. The molecule has 0 saturated carbocycles. The molecule has 0 unspecified atom stereocenters. The van der Waals surface area contributed by atoms with Gasteiger partial charge in [0.25, 0.3) is 0 Å². The van der Waals surface area contributed by atoms with Crippen molar-refractivity contribution >= 4 is 5.91 Å². The van der Waals surface area contributed by atoms with Gasteiger partial charge in [0, 0.05) is 13.0 Å². The van der Waals surface area contributed by atoms with E-state index < -0.39 is 6.67 Å². The van der Waals surface area contributed by atoms with Gasteiger partial charge in [0.15, 0.2) is 0 Å². The number of nitrogens with one attached hydrogen (secondary N) is 1. The lowest BCUT2D eigenvalue weighted by molar-refractivity contribution is -0.121. The van der Waals surface area contributed by atoms with Crippen LogP contribution in [0.3, 0.4) is 0 Å². The Morgan fingerprint density at radius 1 is 1.15 bits per heavy atom. The van der Waals surface area contributed by atoms with Crippen LogP contribution < -0.4 is 5.32 Å². The van der Waals surface area contributed by atoms with Gasteiger partial charge in [0.05, 0.1) is 0 Å². The van der Waals surface area contributed by atoms with Crippen LogP contribution >= 0.6 is 0 Å². The Kier molecular flexibility index (Phi) is 6.03. The molecule has 1 aromatic rings. The molecule has 0 radical (unpaired) electrons. The molecule has 1 aliphatic rings. The summed E-state index contributed by atoms with van der Waals surface area (Å²) in [5, 5.41) is 2.56. The second-order valence-corrected chi connectivity index (χ2v) is 5.56. The Balaban J connectivity index is 1.70. The number of rotatable bonds is 7. The Bertz CT molecular complexity index is 445. The van der Waals surface area contributed by atoms with E-state index in [1.807, 2.05) is 0 Å². The van der Waals surface area contributed by atoms with Gasteiger partial charge in [-0.15, -0.1) is 0 Å². The maximum Gasteiger partial charge on any atom is 0.220 e. The Morgan fingerprint density at radius 2 is 1.95 bits per heavy atom. The van der Waals surface area contributed by atoms with E-state index >= 15 is 0 Å². The minimum Gasteiger partial charge on any atom is -0.353 e. The topological polar surface area (TPSA) is 29.1 Å². The molecule has 1 N–H and O–H groups in total. The molecule has 110 valence electrons. The van der Waals surface area contributed by atoms with Crippen LogP contribution in [0.1, 0.15) is 48.8 Å². The molecule has 2 nitrogen and oxygen atoms in total. The van der Waals surface area contributed by atoms with Crippen molar-refractivity contribution in [3.63, 3.8) is 0 Å². The van der Waals surface area contributed by atoms with Gasteiger partial charge in [-0.05, 0) is 61.6 Å². The van der Waals surface area contributed by atoms with Crippen molar-refractivity contribution in [3.8, 4) is 0 Å². The molecule has 20 heavy (non-hydrogen) atoms. The number of amides is 1. The lowest BCUT2D eigenvalue weighted by Crippen LogP contribution is -2.25. The summed E-state index contributed by atoms with van der Waals surface area (Å²) in [5.41, 5.74) is 4.43. The minimum absolute atomic E-state index is 0.0342. The average molecular weight is 277 g/mol. The molecule has 0 atom stereocenters. The van der Waals surface area contributed by atoms with Crippen molar-refractivity contribution in [1.29, 1.82) is 0 Å². The van der Waals surface area contributed by atoms with Crippen molar-refractivity contribution in [2.45, 2.75) is 51.4 Å². The van der Waals surface area contributed by atoms with Gasteiger partial charge >= 0.3 is 0 Å². The third kappa shape index (κ3) is 4.62. The molecular formula is C17H24FNO. The van der Waals surface area contributed by atoms with Crippen molar-refractivity contribution in [3.05, 3.63) is 34.9 Å². The van der Waals surface area contributed by atoms with Crippen molar-refractivity contribution in [1.82, 2.24) is 5.32 Å². The van der Waals surface area contributed by atoms with Crippen LogP contribution in [0.5, 0.6) is 0 Å². The number of benzene rings is 1. The quantitative estimate of drug-likeness (QED) is 0.761. The van der Waals surface area contributed by atoms with E-state index in [4.69, 9.17) is 0 Å². The summed E-state index contributed by atoms with van der Waals surface area (Å²) in [7, 11) is 0. The van der Waals surface area contributed by atoms with Gasteiger partial charge in [-0.3, -0.25) is 4.79 Å². The largest absolute Gasteiger partial charge is 0.353 e. The van der Waals surface area contributed by atoms with Gasteiger partial charge < -0.3 is 5.32 Å². The van der Waals surface area contributed by atoms with Crippen LogP contribution in [0.4, 0.5) is 4.39 Å². The predicted octanol–water partition coefficient (Wildman–Crippen LogP) is 3.36. The summed E-state index contributed by atoms with van der Waals surface area (Å²) in [5.74, 6) is -0.0342. The standard InChI is InChI=1S/C17H24FNO/c18-11-12-19-17(20)8-4-1-5-14-9-10-15-6-2-3-7-16(15)13-14/h9-10,13H,1-8,11-12H2,(H,19,20). The monoisotopic (exact) mass is 277 g/mol. The predicted molar refractivity (Wildman–Crippen MR) is 79.6 cm³/mol. The molecule has 3 heteroatoms. The van der Waals surface area contributed by atoms with Gasteiger partial charge in [-0.1, -0.05) is 18.2 Å². The SMILES string of the molecule is O=C(CCCCc1ccc2c(c1)CCCC2)NCCF.